The van der Waals surface area contributed by atoms with Gasteiger partial charge in [-0.2, -0.15) is 0 Å². The van der Waals surface area contributed by atoms with E-state index in [9.17, 15) is 4.79 Å². The largest absolute Gasteiger partial charge is 0.289 e. The maximum Gasteiger partial charge on any atom is 0.185 e. The number of carbonyl (C=O) groups is 1. The Morgan fingerprint density at radius 3 is 1.87 bits per heavy atom. The van der Waals surface area contributed by atoms with Crippen LogP contribution in [0.15, 0.2) is 48.5 Å². The van der Waals surface area contributed by atoms with Gasteiger partial charge in [-0.1, -0.05) is 113 Å². The van der Waals surface area contributed by atoms with Gasteiger partial charge < -0.3 is 0 Å². The highest BCUT2D eigenvalue weighted by Gasteiger charge is 2.05. The molecule has 0 atom stereocenters. The van der Waals surface area contributed by atoms with Crippen LogP contribution in [0.25, 0.3) is 6.08 Å². The molecule has 0 aliphatic heterocycles. The van der Waals surface area contributed by atoms with E-state index in [0.717, 1.165) is 12.0 Å². The zero-order chi connectivity index (χ0) is 21.6. The highest BCUT2D eigenvalue weighted by atomic mass is 16.1. The SMILES string of the molecule is CCCCCCCCCCCCc1cc(C)c(C=CC(=O)c2ccccc2)c(C)c1. The molecule has 0 saturated heterocycles. The molecule has 0 N–H and O–H groups in total. The molecule has 162 valence electrons. The summed E-state index contributed by atoms with van der Waals surface area (Å²) in [6, 6.07) is 14.1. The van der Waals surface area contributed by atoms with Crippen LogP contribution in [-0.2, 0) is 6.42 Å². The highest BCUT2D eigenvalue weighted by molar-refractivity contribution is 6.06. The molecule has 30 heavy (non-hydrogen) atoms. The molecular formula is C29H40O. The van der Waals surface area contributed by atoms with Crippen molar-refractivity contribution in [2.45, 2.75) is 91.4 Å². The zero-order valence-corrected chi connectivity index (χ0v) is 19.4. The van der Waals surface area contributed by atoms with Crippen LogP contribution < -0.4 is 0 Å². The van der Waals surface area contributed by atoms with Crippen molar-refractivity contribution in [3.63, 3.8) is 0 Å². The summed E-state index contributed by atoms with van der Waals surface area (Å²) in [6.07, 6.45) is 18.6. The van der Waals surface area contributed by atoms with E-state index in [4.69, 9.17) is 0 Å². The van der Waals surface area contributed by atoms with Gasteiger partial charge in [-0.15, -0.1) is 0 Å². The molecule has 1 heteroatoms. The Kier molecular flexibility index (Phi) is 11.2. The molecule has 0 heterocycles. The van der Waals surface area contributed by atoms with Gasteiger partial charge in [0.25, 0.3) is 0 Å². The summed E-state index contributed by atoms with van der Waals surface area (Å²) < 4.78 is 0. The van der Waals surface area contributed by atoms with Gasteiger partial charge in [0.2, 0.25) is 0 Å². The third kappa shape index (κ3) is 8.69. The number of unbranched alkanes of at least 4 members (excludes halogenated alkanes) is 9. The van der Waals surface area contributed by atoms with Crippen molar-refractivity contribution in [2.75, 3.05) is 0 Å². The summed E-state index contributed by atoms with van der Waals surface area (Å²) in [7, 11) is 0. The molecule has 2 aromatic rings. The van der Waals surface area contributed by atoms with Gasteiger partial charge in [0, 0.05) is 5.56 Å². The minimum Gasteiger partial charge on any atom is -0.289 e. The van der Waals surface area contributed by atoms with E-state index in [1.54, 1.807) is 6.08 Å². The number of hydrogen-bond donors (Lipinski definition) is 0. The first kappa shape index (κ1) is 24.1. The Morgan fingerprint density at radius 2 is 1.30 bits per heavy atom. The maximum atomic E-state index is 12.3. The van der Waals surface area contributed by atoms with Crippen LogP contribution in [0.5, 0.6) is 0 Å². The molecule has 0 aromatic heterocycles. The maximum absolute atomic E-state index is 12.3. The molecule has 2 aromatic carbocycles. The standard InChI is InChI=1S/C29H40O/c1-4-5-6-7-8-9-10-11-12-14-17-26-22-24(2)28(25(3)23-26)20-21-29(30)27-18-15-13-16-19-27/h13,15-16,18-23H,4-12,14,17H2,1-3H3. The van der Waals surface area contributed by atoms with Gasteiger partial charge in [0.05, 0.1) is 0 Å². The van der Waals surface area contributed by atoms with Crippen LogP contribution >= 0.6 is 0 Å². The zero-order valence-electron chi connectivity index (χ0n) is 19.4. The van der Waals surface area contributed by atoms with Crippen molar-refractivity contribution in [3.8, 4) is 0 Å². The number of allylic oxidation sites excluding steroid dienone is 1. The number of ketones is 1. The van der Waals surface area contributed by atoms with E-state index in [1.807, 2.05) is 36.4 Å². The van der Waals surface area contributed by atoms with Gasteiger partial charge in [0.15, 0.2) is 5.78 Å². The molecule has 0 bridgehead atoms. The minimum absolute atomic E-state index is 0.0591. The second-order valence-electron chi connectivity index (χ2n) is 8.64. The summed E-state index contributed by atoms with van der Waals surface area (Å²) in [6.45, 7) is 6.59. The summed E-state index contributed by atoms with van der Waals surface area (Å²) in [5.74, 6) is 0.0591. The molecule has 0 spiro atoms. The van der Waals surface area contributed by atoms with E-state index in [0.29, 0.717) is 0 Å². The molecule has 0 saturated carbocycles. The summed E-state index contributed by atoms with van der Waals surface area (Å²) >= 11 is 0. The molecular weight excluding hydrogens is 364 g/mol. The molecule has 0 fully saturated rings. The Bertz CT molecular complexity index is 762. The van der Waals surface area contributed by atoms with Crippen molar-refractivity contribution in [1.29, 1.82) is 0 Å². The molecule has 0 aliphatic rings. The highest BCUT2D eigenvalue weighted by Crippen LogP contribution is 2.21. The second kappa shape index (κ2) is 14.0. The summed E-state index contributed by atoms with van der Waals surface area (Å²) in [5, 5.41) is 0. The Hall–Kier alpha value is -2.15. The molecule has 1 nitrogen and oxygen atoms in total. The molecule has 0 aliphatic carbocycles. The van der Waals surface area contributed by atoms with Gasteiger partial charge in [-0.25, -0.2) is 0 Å². The van der Waals surface area contributed by atoms with Gasteiger partial charge >= 0.3 is 0 Å². The second-order valence-corrected chi connectivity index (χ2v) is 8.64. The Morgan fingerprint density at radius 1 is 0.767 bits per heavy atom. The number of hydrogen-bond acceptors (Lipinski definition) is 1. The third-order valence-corrected chi connectivity index (χ3v) is 5.93. The average molecular weight is 405 g/mol. The van der Waals surface area contributed by atoms with Crippen LogP contribution in [0.1, 0.15) is 104 Å². The van der Waals surface area contributed by atoms with E-state index >= 15 is 0 Å². The van der Waals surface area contributed by atoms with Crippen LogP contribution in [0.3, 0.4) is 0 Å². The molecule has 2 rings (SSSR count). The van der Waals surface area contributed by atoms with Crippen LogP contribution in [-0.4, -0.2) is 5.78 Å². The quantitative estimate of drug-likeness (QED) is 0.175. The van der Waals surface area contributed by atoms with E-state index in [1.165, 1.54) is 86.5 Å². The Labute approximate surface area is 184 Å². The van der Waals surface area contributed by atoms with Gasteiger partial charge in [-0.3, -0.25) is 4.79 Å². The lowest BCUT2D eigenvalue weighted by Gasteiger charge is -2.10. The molecule has 0 radical (unpaired) electrons. The van der Waals surface area contributed by atoms with Crippen molar-refractivity contribution >= 4 is 11.9 Å². The van der Waals surface area contributed by atoms with Crippen molar-refractivity contribution in [3.05, 3.63) is 76.4 Å². The predicted octanol–water partition coefficient (Wildman–Crippen LogP) is 8.66. The van der Waals surface area contributed by atoms with E-state index in [-0.39, 0.29) is 5.78 Å². The van der Waals surface area contributed by atoms with Crippen molar-refractivity contribution in [2.24, 2.45) is 0 Å². The number of rotatable bonds is 14. The fourth-order valence-electron chi connectivity index (χ4n) is 4.15. The first-order valence-corrected chi connectivity index (χ1v) is 12.0. The topological polar surface area (TPSA) is 17.1 Å². The van der Waals surface area contributed by atoms with Crippen LogP contribution in [0.4, 0.5) is 0 Å². The molecule has 0 unspecified atom stereocenters. The van der Waals surface area contributed by atoms with Crippen molar-refractivity contribution in [1.82, 2.24) is 0 Å². The third-order valence-electron chi connectivity index (χ3n) is 5.93. The predicted molar refractivity (Wildman–Crippen MR) is 131 cm³/mol. The average Bonchev–Trinajstić information content (AvgIpc) is 2.75. The monoisotopic (exact) mass is 404 g/mol. The fraction of sp³-hybridized carbons (Fsp3) is 0.483. The normalized spacial score (nSPS) is 11.3. The van der Waals surface area contributed by atoms with Gasteiger partial charge in [0.1, 0.15) is 0 Å². The lowest BCUT2D eigenvalue weighted by Crippen LogP contribution is -1.96. The Balaban J connectivity index is 1.75. The summed E-state index contributed by atoms with van der Waals surface area (Å²) in [5.41, 5.74) is 5.85. The smallest absolute Gasteiger partial charge is 0.185 e. The summed E-state index contributed by atoms with van der Waals surface area (Å²) in [4.78, 5) is 12.3. The fourth-order valence-corrected chi connectivity index (χ4v) is 4.15. The first-order chi connectivity index (χ1) is 14.6. The first-order valence-electron chi connectivity index (χ1n) is 12.0. The van der Waals surface area contributed by atoms with E-state index in [2.05, 4.69) is 32.9 Å². The minimum atomic E-state index is 0.0591. The van der Waals surface area contributed by atoms with Crippen LogP contribution in [0, 0.1) is 13.8 Å². The lowest BCUT2D eigenvalue weighted by atomic mass is 9.95. The molecule has 0 amide bonds. The lowest BCUT2D eigenvalue weighted by molar-refractivity contribution is 0.104. The van der Waals surface area contributed by atoms with E-state index < -0.39 is 0 Å². The van der Waals surface area contributed by atoms with Gasteiger partial charge in [-0.05, 0) is 55.0 Å². The van der Waals surface area contributed by atoms with Crippen LogP contribution in [0.2, 0.25) is 0 Å². The number of benzene rings is 2. The number of carbonyl (C=O) groups excluding carboxylic acids is 1. The van der Waals surface area contributed by atoms with Crippen molar-refractivity contribution < 1.29 is 4.79 Å². The number of aryl methyl sites for hydroxylation is 3.